The van der Waals surface area contributed by atoms with Crippen molar-refractivity contribution in [1.29, 1.82) is 0 Å². The van der Waals surface area contributed by atoms with Crippen LogP contribution in [0.4, 0.5) is 0 Å². The smallest absolute Gasteiger partial charge is 0.169 e. The number of aliphatic hydroxyl groups excluding tert-OH is 2. The molecule has 0 unspecified atom stereocenters. The van der Waals surface area contributed by atoms with Crippen LogP contribution in [-0.2, 0) is 18.3 Å². The van der Waals surface area contributed by atoms with Crippen molar-refractivity contribution in [2.75, 3.05) is 6.54 Å². The lowest BCUT2D eigenvalue weighted by Crippen LogP contribution is -2.78. The van der Waals surface area contributed by atoms with Gasteiger partial charge in [-0.3, -0.25) is 5.32 Å². The molecule has 4 aromatic carbocycles. The van der Waals surface area contributed by atoms with E-state index in [1.54, 1.807) is 24.3 Å². The summed E-state index contributed by atoms with van der Waals surface area (Å²) in [6, 6.07) is 18.4. The van der Waals surface area contributed by atoms with Crippen LogP contribution in [0.3, 0.4) is 0 Å². The van der Waals surface area contributed by atoms with Gasteiger partial charge in [0, 0.05) is 40.9 Å². The van der Waals surface area contributed by atoms with Crippen LogP contribution in [0.5, 0.6) is 28.7 Å². The van der Waals surface area contributed by atoms with E-state index in [-0.39, 0.29) is 73.8 Å². The van der Waals surface area contributed by atoms with Crippen molar-refractivity contribution < 1.29 is 35.7 Å². The summed E-state index contributed by atoms with van der Waals surface area (Å²) in [7, 11) is 0. The number of hydrogen-bond acceptors (Lipinski definition) is 10. The summed E-state index contributed by atoms with van der Waals surface area (Å²) in [6.45, 7) is 0.773. The van der Waals surface area contributed by atoms with E-state index in [4.69, 9.17) is 4.98 Å². The van der Waals surface area contributed by atoms with E-state index in [0.29, 0.717) is 59.1 Å². The molecular weight excluding hydrogens is 841 g/mol. The zero-order valence-corrected chi connectivity index (χ0v) is 38.0. The molecule has 0 radical (unpaired) electrons. The van der Waals surface area contributed by atoms with Crippen LogP contribution < -0.4 is 10.6 Å². The van der Waals surface area contributed by atoms with Gasteiger partial charge < -0.3 is 46.0 Å². The number of phenolic OH excluding ortho intramolecular Hbond substituents is 5. The fraction of sp³-hybridized carbons (Fsp3) is 0.482. The van der Waals surface area contributed by atoms with E-state index in [1.165, 1.54) is 68.0 Å². The first kappa shape index (κ1) is 43.0. The van der Waals surface area contributed by atoms with E-state index in [0.717, 1.165) is 44.2 Å². The Balaban J connectivity index is 0.919. The molecule has 1 aromatic heterocycles. The molecule has 4 saturated carbocycles. The summed E-state index contributed by atoms with van der Waals surface area (Å²) in [5, 5.41) is 86.5. The molecule has 0 amide bonds. The number of nitrogens with zero attached hydrogens (tertiary/aromatic N) is 1. The second-order valence-electron chi connectivity index (χ2n) is 21.8. The number of aryl methyl sites for hydroxylation is 1. The fourth-order valence-electron chi connectivity index (χ4n) is 16.9. The van der Waals surface area contributed by atoms with Crippen molar-refractivity contribution in [3.05, 3.63) is 119 Å². The predicted octanol–water partition coefficient (Wildman–Crippen LogP) is 9.01. The highest BCUT2D eigenvalue weighted by molar-refractivity contribution is 6.03. The topological polar surface area (TPSA) is 194 Å². The molecule has 67 heavy (non-hydrogen) atoms. The number of allylic oxidation sites excluding steroid dienone is 1. The van der Waals surface area contributed by atoms with Gasteiger partial charge in [-0.1, -0.05) is 79.6 Å². The molecular formula is C56H64N4O7. The van der Waals surface area contributed by atoms with Gasteiger partial charge in [0.15, 0.2) is 23.0 Å². The summed E-state index contributed by atoms with van der Waals surface area (Å²) in [5.41, 5.74) is 4.78. The zero-order chi connectivity index (χ0) is 45.9. The quantitative estimate of drug-likeness (QED) is 0.0428. The molecule has 3 spiro atoms. The maximum Gasteiger partial charge on any atom is 0.169 e. The van der Waals surface area contributed by atoms with Gasteiger partial charge in [0.25, 0.3) is 0 Å². The average molecular weight is 905 g/mol. The van der Waals surface area contributed by atoms with Gasteiger partial charge in [-0.15, -0.1) is 0 Å². The molecule has 11 nitrogen and oxygen atoms in total. The van der Waals surface area contributed by atoms with Crippen LogP contribution in [0.1, 0.15) is 117 Å². The second kappa shape index (κ2) is 15.9. The highest BCUT2D eigenvalue weighted by atomic mass is 16.3. The van der Waals surface area contributed by atoms with E-state index >= 15 is 0 Å². The Morgan fingerprint density at radius 2 is 1.63 bits per heavy atom. The SMILES string of the molecule is Oc1ccc(/C=C/c2c(CCc3ccc([C@@H]4C[C@@]5(CCN[C@@H](O)C5)[C@H]5C[C@H]6CCC[C@]67CC[C@@]68CCC[C@@H]6C=C[C@@H](O)[C@H]8[C@@]7(c6cnc[nH]6)[C@H]5N4)cc3)c(O)c(O)c3c(O)cccc23)cc1O. The van der Waals surface area contributed by atoms with E-state index in [2.05, 4.69) is 58.2 Å². The minimum absolute atomic E-state index is 0.00848. The van der Waals surface area contributed by atoms with Crippen LogP contribution in [0.25, 0.3) is 22.9 Å². The Labute approximate surface area is 391 Å². The minimum Gasteiger partial charge on any atom is -0.507 e. The molecule has 10 N–H and O–H groups in total. The monoisotopic (exact) mass is 904 g/mol. The first-order valence-electron chi connectivity index (χ1n) is 25.0. The maximum atomic E-state index is 12.7. The maximum absolute atomic E-state index is 12.7. The largest absolute Gasteiger partial charge is 0.507 e. The number of aromatic nitrogens is 2. The third-order valence-corrected chi connectivity index (χ3v) is 19.4. The molecule has 0 bridgehead atoms. The number of aromatic amines is 1. The lowest BCUT2D eigenvalue weighted by molar-refractivity contribution is -0.219. The summed E-state index contributed by atoms with van der Waals surface area (Å²) in [5.74, 6) is 0.0773. The summed E-state index contributed by atoms with van der Waals surface area (Å²) in [4.78, 5) is 8.57. The molecule has 2 saturated heterocycles. The van der Waals surface area contributed by atoms with Crippen LogP contribution in [0.2, 0.25) is 0 Å². The van der Waals surface area contributed by atoms with E-state index < -0.39 is 12.3 Å². The minimum atomic E-state index is -0.572. The predicted molar refractivity (Wildman–Crippen MR) is 257 cm³/mol. The number of H-pyrrole nitrogens is 1. The van der Waals surface area contributed by atoms with Gasteiger partial charge in [-0.2, -0.15) is 0 Å². The van der Waals surface area contributed by atoms with Crippen LogP contribution in [-0.4, -0.2) is 70.6 Å². The molecule has 6 fully saturated rings. The van der Waals surface area contributed by atoms with Crippen LogP contribution in [0.15, 0.2) is 85.3 Å². The van der Waals surface area contributed by atoms with Crippen molar-refractivity contribution in [1.82, 2.24) is 20.6 Å². The van der Waals surface area contributed by atoms with E-state index in [1.807, 2.05) is 12.4 Å². The highest BCUT2D eigenvalue weighted by Gasteiger charge is 2.78. The Morgan fingerprint density at radius 1 is 0.776 bits per heavy atom. The molecule has 12 atom stereocenters. The third kappa shape index (κ3) is 6.26. The summed E-state index contributed by atoms with van der Waals surface area (Å²) in [6.07, 6.45) is 25.1. The number of aliphatic hydroxyl groups is 2. The number of rotatable bonds is 7. The average Bonchev–Trinajstić information content (AvgIpc) is 4.11. The molecule has 5 aromatic rings. The zero-order valence-electron chi connectivity index (χ0n) is 38.0. The molecule has 7 aliphatic rings. The van der Waals surface area contributed by atoms with Crippen molar-refractivity contribution in [2.24, 2.45) is 39.9 Å². The number of phenols is 5. The molecule has 2 aliphatic heterocycles. The lowest BCUT2D eigenvalue weighted by Gasteiger charge is -2.74. The van der Waals surface area contributed by atoms with Crippen molar-refractivity contribution >= 4 is 22.9 Å². The van der Waals surface area contributed by atoms with Gasteiger partial charge in [-0.25, -0.2) is 4.98 Å². The van der Waals surface area contributed by atoms with Gasteiger partial charge in [0.1, 0.15) is 12.0 Å². The molecule has 11 heteroatoms. The van der Waals surface area contributed by atoms with Gasteiger partial charge in [0.2, 0.25) is 0 Å². The number of nitrogens with one attached hydrogen (secondary N) is 3. The number of piperidine rings is 2. The lowest BCUT2D eigenvalue weighted by atomic mass is 9.31. The third-order valence-electron chi connectivity index (χ3n) is 19.4. The number of hydrogen-bond donors (Lipinski definition) is 10. The second-order valence-corrected chi connectivity index (χ2v) is 21.8. The van der Waals surface area contributed by atoms with E-state index in [9.17, 15) is 35.7 Å². The summed E-state index contributed by atoms with van der Waals surface area (Å²) >= 11 is 0. The molecule has 3 heterocycles. The number of aromatic hydroxyl groups is 5. The van der Waals surface area contributed by atoms with Gasteiger partial charge in [0.05, 0.1) is 17.8 Å². The van der Waals surface area contributed by atoms with Crippen molar-refractivity contribution in [3.8, 4) is 28.7 Å². The fourth-order valence-corrected chi connectivity index (χ4v) is 16.9. The Morgan fingerprint density at radius 3 is 2.43 bits per heavy atom. The standard InChI is InChI=1S/C56H64N4O7/c61-42-18-12-33(26-45(42)64)11-16-37-38-6-1-7-43(62)48(38)50(67)49(66)39(37)17-10-32-8-13-34(14-9-32)41-28-53(24-25-58-47(65)29-53)40-27-36-5-3-21-55(36)23-22-54-20-2-4-35(54)15-19-44(63)51(54)56(55,52(40)60-41)46-30-57-31-59-46/h1,6-9,11-16,18-19,26,30-31,35-36,40-41,44,47,51-52,58,60-67H,2-5,10,17,20-25,27-29H2,(H,57,59)/b16-11+/t35-,36-,40+,41+,44-,47+,51-,52+,53-,54+,55+,56+/m1/s1. The normalized spacial score (nSPS) is 36.4. The molecule has 350 valence electrons. The van der Waals surface area contributed by atoms with Crippen LogP contribution in [0, 0.1) is 39.9 Å². The summed E-state index contributed by atoms with van der Waals surface area (Å²) < 4.78 is 0. The van der Waals surface area contributed by atoms with Gasteiger partial charge in [-0.05, 0) is 163 Å². The van der Waals surface area contributed by atoms with Crippen LogP contribution >= 0.6 is 0 Å². The Bertz CT molecular complexity index is 2770. The Kier molecular flexibility index (Phi) is 10.2. The Hall–Kier alpha value is -5.33. The first-order valence-corrected chi connectivity index (χ1v) is 25.0. The number of fused-ring (bicyclic) bond motifs is 5. The van der Waals surface area contributed by atoms with Crippen molar-refractivity contribution in [3.63, 3.8) is 0 Å². The molecule has 5 aliphatic carbocycles. The number of benzene rings is 4. The molecule has 12 rings (SSSR count). The van der Waals surface area contributed by atoms with Gasteiger partial charge >= 0.3 is 0 Å². The number of imidazole rings is 1. The first-order chi connectivity index (χ1) is 32.5. The van der Waals surface area contributed by atoms with Crippen molar-refractivity contribution in [2.45, 2.75) is 120 Å². The highest BCUT2D eigenvalue weighted by Crippen LogP contribution is 2.79.